The fourth-order valence-electron chi connectivity index (χ4n) is 3.05. The molecule has 3 N–H and O–H groups in total. The van der Waals surface area contributed by atoms with Crippen molar-refractivity contribution >= 4 is 11.6 Å². The summed E-state index contributed by atoms with van der Waals surface area (Å²) in [6.07, 6.45) is 5.70. The molecule has 1 saturated carbocycles. The van der Waals surface area contributed by atoms with Crippen LogP contribution in [0.2, 0.25) is 0 Å². The molecule has 0 aliphatic heterocycles. The summed E-state index contributed by atoms with van der Waals surface area (Å²) in [7, 11) is 0. The lowest BCUT2D eigenvalue weighted by atomic mass is 9.79. The van der Waals surface area contributed by atoms with Crippen molar-refractivity contribution in [2.75, 3.05) is 30.3 Å². The molecule has 2 unspecified atom stereocenters. The number of nitrogens with zero attached hydrogens (tertiary/aromatic N) is 2. The number of aliphatic hydroxyl groups is 1. The summed E-state index contributed by atoms with van der Waals surface area (Å²) in [5.74, 6) is 3.62. The Labute approximate surface area is 127 Å². The average Bonchev–Trinajstić information content (AvgIpc) is 2.53. The fourth-order valence-corrected chi connectivity index (χ4v) is 3.05. The third kappa shape index (κ3) is 4.56. The van der Waals surface area contributed by atoms with E-state index in [1.807, 2.05) is 6.07 Å². The Hall–Kier alpha value is -1.36. The van der Waals surface area contributed by atoms with E-state index < -0.39 is 0 Å². The number of rotatable bonds is 7. The second kappa shape index (κ2) is 8.17. The van der Waals surface area contributed by atoms with Crippen molar-refractivity contribution in [1.82, 2.24) is 9.97 Å². The van der Waals surface area contributed by atoms with Crippen LogP contribution in [-0.4, -0.2) is 34.8 Å². The van der Waals surface area contributed by atoms with Gasteiger partial charge in [0.05, 0.1) is 0 Å². The number of aliphatic hydroxyl groups excluding tert-OH is 1. The molecular weight excluding hydrogens is 264 g/mol. The average molecular weight is 292 g/mol. The van der Waals surface area contributed by atoms with Gasteiger partial charge in [-0.25, -0.2) is 9.97 Å². The molecule has 5 nitrogen and oxygen atoms in total. The summed E-state index contributed by atoms with van der Waals surface area (Å²) in [4.78, 5) is 9.01. The summed E-state index contributed by atoms with van der Waals surface area (Å²) < 4.78 is 0. The van der Waals surface area contributed by atoms with E-state index in [1.54, 1.807) is 0 Å². The van der Waals surface area contributed by atoms with E-state index in [2.05, 4.69) is 34.4 Å². The van der Waals surface area contributed by atoms with Crippen LogP contribution in [-0.2, 0) is 6.42 Å². The molecular formula is C16H28N4O. The van der Waals surface area contributed by atoms with E-state index >= 15 is 0 Å². The molecule has 0 saturated heterocycles. The number of nitrogens with one attached hydrogen (secondary N) is 2. The van der Waals surface area contributed by atoms with Gasteiger partial charge in [0.15, 0.2) is 0 Å². The predicted octanol–water partition coefficient (Wildman–Crippen LogP) is 2.68. The monoisotopic (exact) mass is 292 g/mol. The van der Waals surface area contributed by atoms with E-state index in [9.17, 15) is 5.11 Å². The Morgan fingerprint density at radius 1 is 1.10 bits per heavy atom. The molecule has 21 heavy (non-hydrogen) atoms. The third-order valence-corrected chi connectivity index (χ3v) is 4.29. The lowest BCUT2D eigenvalue weighted by molar-refractivity contribution is 0.141. The van der Waals surface area contributed by atoms with E-state index in [-0.39, 0.29) is 0 Å². The fraction of sp³-hybridized carbons (Fsp3) is 0.750. The second-order valence-electron chi connectivity index (χ2n) is 5.81. The van der Waals surface area contributed by atoms with Crippen molar-refractivity contribution in [1.29, 1.82) is 0 Å². The van der Waals surface area contributed by atoms with Crippen molar-refractivity contribution in [3.63, 3.8) is 0 Å². The Balaban J connectivity index is 1.99. The zero-order chi connectivity index (χ0) is 15.1. The molecule has 2 atom stereocenters. The van der Waals surface area contributed by atoms with Crippen LogP contribution in [0.4, 0.5) is 11.6 Å². The van der Waals surface area contributed by atoms with Gasteiger partial charge in [0, 0.05) is 32.2 Å². The third-order valence-electron chi connectivity index (χ3n) is 4.29. The van der Waals surface area contributed by atoms with Crippen LogP contribution >= 0.6 is 0 Å². The van der Waals surface area contributed by atoms with Crippen molar-refractivity contribution in [2.24, 2.45) is 11.8 Å². The summed E-state index contributed by atoms with van der Waals surface area (Å²) in [6.45, 7) is 6.18. The lowest BCUT2D eigenvalue weighted by Gasteiger charge is -2.30. The van der Waals surface area contributed by atoms with E-state index in [0.717, 1.165) is 43.4 Å². The van der Waals surface area contributed by atoms with Crippen molar-refractivity contribution < 1.29 is 5.11 Å². The first-order chi connectivity index (χ1) is 10.3. The zero-order valence-corrected chi connectivity index (χ0v) is 13.2. The van der Waals surface area contributed by atoms with E-state index in [1.165, 1.54) is 19.3 Å². The van der Waals surface area contributed by atoms with Gasteiger partial charge >= 0.3 is 0 Å². The first-order valence-corrected chi connectivity index (χ1v) is 8.23. The molecule has 5 heteroatoms. The molecule has 1 aliphatic rings. The van der Waals surface area contributed by atoms with Gasteiger partial charge in [0.25, 0.3) is 0 Å². The van der Waals surface area contributed by atoms with Gasteiger partial charge < -0.3 is 15.7 Å². The maximum absolute atomic E-state index is 9.49. The molecule has 0 radical (unpaired) electrons. The Morgan fingerprint density at radius 3 is 2.38 bits per heavy atom. The standard InChI is InChI=1S/C16H28N4O/c1-3-14-19-15(17-4-2)9-16(20-14)18-10-12-7-5-6-8-13(12)11-21/h9,12-13,21H,3-8,10-11H2,1-2H3,(H2,17,18,19,20). The predicted molar refractivity (Wildman–Crippen MR) is 86.6 cm³/mol. The highest BCUT2D eigenvalue weighted by atomic mass is 16.3. The minimum Gasteiger partial charge on any atom is -0.396 e. The molecule has 118 valence electrons. The summed E-state index contributed by atoms with van der Waals surface area (Å²) in [6, 6.07) is 1.97. The zero-order valence-electron chi connectivity index (χ0n) is 13.2. The van der Waals surface area contributed by atoms with Crippen LogP contribution in [0, 0.1) is 11.8 Å². The van der Waals surface area contributed by atoms with Gasteiger partial charge in [-0.1, -0.05) is 19.8 Å². The minimum absolute atomic E-state index is 0.305. The van der Waals surface area contributed by atoms with Crippen LogP contribution in [0.15, 0.2) is 6.07 Å². The van der Waals surface area contributed by atoms with Crippen molar-refractivity contribution in [3.8, 4) is 0 Å². The minimum atomic E-state index is 0.305. The van der Waals surface area contributed by atoms with Crippen molar-refractivity contribution in [2.45, 2.75) is 46.0 Å². The number of hydrogen-bond donors (Lipinski definition) is 3. The molecule has 2 rings (SSSR count). The van der Waals surface area contributed by atoms with E-state index in [4.69, 9.17) is 0 Å². The SMILES string of the molecule is CCNc1cc(NCC2CCCCC2CO)nc(CC)n1. The topological polar surface area (TPSA) is 70.1 Å². The molecule has 0 bridgehead atoms. The molecule has 0 aromatic carbocycles. The van der Waals surface area contributed by atoms with Crippen LogP contribution < -0.4 is 10.6 Å². The molecule has 1 fully saturated rings. The molecule has 0 amide bonds. The summed E-state index contributed by atoms with van der Waals surface area (Å²) in [5.41, 5.74) is 0. The maximum Gasteiger partial charge on any atom is 0.132 e. The maximum atomic E-state index is 9.49. The summed E-state index contributed by atoms with van der Waals surface area (Å²) >= 11 is 0. The number of hydrogen-bond acceptors (Lipinski definition) is 5. The van der Waals surface area contributed by atoms with Gasteiger partial charge in [0.2, 0.25) is 0 Å². The molecule has 1 aromatic heterocycles. The van der Waals surface area contributed by atoms with Crippen molar-refractivity contribution in [3.05, 3.63) is 11.9 Å². The molecule has 1 heterocycles. The van der Waals surface area contributed by atoms with Gasteiger partial charge in [-0.05, 0) is 31.6 Å². The summed E-state index contributed by atoms with van der Waals surface area (Å²) in [5, 5.41) is 16.2. The Morgan fingerprint density at radius 2 is 1.76 bits per heavy atom. The number of aromatic nitrogens is 2. The quantitative estimate of drug-likeness (QED) is 0.721. The lowest BCUT2D eigenvalue weighted by Crippen LogP contribution is -2.29. The number of anilines is 2. The molecule has 1 aromatic rings. The Bertz CT molecular complexity index is 438. The smallest absolute Gasteiger partial charge is 0.132 e. The highest BCUT2D eigenvalue weighted by Crippen LogP contribution is 2.29. The first kappa shape index (κ1) is 16.0. The van der Waals surface area contributed by atoms with Gasteiger partial charge in [0.1, 0.15) is 17.5 Å². The van der Waals surface area contributed by atoms with E-state index in [0.29, 0.717) is 18.4 Å². The largest absolute Gasteiger partial charge is 0.396 e. The van der Waals surface area contributed by atoms with Gasteiger partial charge in [-0.2, -0.15) is 0 Å². The highest BCUT2D eigenvalue weighted by Gasteiger charge is 2.24. The Kier molecular flexibility index (Phi) is 6.23. The second-order valence-corrected chi connectivity index (χ2v) is 5.81. The molecule has 0 spiro atoms. The number of aryl methyl sites for hydroxylation is 1. The van der Waals surface area contributed by atoms with Gasteiger partial charge in [-0.3, -0.25) is 0 Å². The van der Waals surface area contributed by atoms with Crippen LogP contribution in [0.1, 0.15) is 45.4 Å². The first-order valence-electron chi connectivity index (χ1n) is 8.23. The van der Waals surface area contributed by atoms with Crippen LogP contribution in [0.25, 0.3) is 0 Å². The molecule has 1 aliphatic carbocycles. The van der Waals surface area contributed by atoms with Gasteiger partial charge in [-0.15, -0.1) is 0 Å². The normalized spacial score (nSPS) is 22.0. The highest BCUT2D eigenvalue weighted by molar-refractivity contribution is 5.47. The van der Waals surface area contributed by atoms with Crippen LogP contribution in [0.3, 0.4) is 0 Å². The van der Waals surface area contributed by atoms with Crippen LogP contribution in [0.5, 0.6) is 0 Å².